The molecule has 11 heteroatoms. The lowest BCUT2D eigenvalue weighted by molar-refractivity contribution is -0.138. The van der Waals surface area contributed by atoms with Crippen molar-refractivity contribution in [3.8, 4) is 11.4 Å². The molecular formula is C16H14F4N6O. The van der Waals surface area contributed by atoms with Gasteiger partial charge in [-0.3, -0.25) is 4.79 Å². The molecule has 27 heavy (non-hydrogen) atoms. The Morgan fingerprint density at radius 3 is 2.81 bits per heavy atom. The number of carbonyl (C=O) groups excluding carboxylic acids is 1. The van der Waals surface area contributed by atoms with Crippen LogP contribution in [-0.4, -0.2) is 44.6 Å². The zero-order chi connectivity index (χ0) is 19.6. The molecule has 0 aliphatic carbocycles. The van der Waals surface area contributed by atoms with Gasteiger partial charge in [0, 0.05) is 23.3 Å². The van der Waals surface area contributed by atoms with E-state index in [0.717, 1.165) is 6.20 Å². The van der Waals surface area contributed by atoms with Crippen LogP contribution in [-0.2, 0) is 4.79 Å². The number of amides is 1. The van der Waals surface area contributed by atoms with E-state index >= 15 is 0 Å². The number of fused-ring (bicyclic) bond motifs is 1. The third-order valence-electron chi connectivity index (χ3n) is 3.65. The lowest BCUT2D eigenvalue weighted by Gasteiger charge is -2.16. The lowest BCUT2D eigenvalue weighted by atomic mass is 10.2. The summed E-state index contributed by atoms with van der Waals surface area (Å²) in [7, 11) is 0. The molecule has 3 heterocycles. The number of anilines is 1. The second-order valence-electron chi connectivity index (χ2n) is 5.69. The van der Waals surface area contributed by atoms with Crippen molar-refractivity contribution in [2.24, 2.45) is 0 Å². The molecule has 7 nitrogen and oxygen atoms in total. The normalized spacial score (nSPS) is 12.8. The Morgan fingerprint density at radius 1 is 1.30 bits per heavy atom. The Hall–Kier alpha value is -3.24. The van der Waals surface area contributed by atoms with Crippen LogP contribution in [0.2, 0.25) is 0 Å². The van der Waals surface area contributed by atoms with Gasteiger partial charge in [0.1, 0.15) is 18.2 Å². The second-order valence-corrected chi connectivity index (χ2v) is 5.69. The fourth-order valence-electron chi connectivity index (χ4n) is 2.37. The summed E-state index contributed by atoms with van der Waals surface area (Å²) < 4.78 is 50.6. The molecule has 0 saturated carbocycles. The molecule has 3 aromatic rings. The number of halogens is 4. The fraction of sp³-hybridized carbons (Fsp3) is 0.250. The van der Waals surface area contributed by atoms with E-state index in [2.05, 4.69) is 25.3 Å². The van der Waals surface area contributed by atoms with Crippen molar-refractivity contribution < 1.29 is 22.4 Å². The highest BCUT2D eigenvalue weighted by atomic mass is 19.4. The molecule has 0 spiro atoms. The molecule has 1 unspecified atom stereocenters. The van der Waals surface area contributed by atoms with Crippen LogP contribution in [0.5, 0.6) is 0 Å². The van der Waals surface area contributed by atoms with Crippen molar-refractivity contribution >= 4 is 22.8 Å². The summed E-state index contributed by atoms with van der Waals surface area (Å²) in [5.41, 5.74) is 1.17. The summed E-state index contributed by atoms with van der Waals surface area (Å²) in [4.78, 5) is 26.8. The van der Waals surface area contributed by atoms with Crippen LogP contribution in [0, 0.1) is 5.82 Å². The second kappa shape index (κ2) is 7.17. The first-order valence-electron chi connectivity index (χ1n) is 7.80. The average Bonchev–Trinajstić information content (AvgIpc) is 3.09. The summed E-state index contributed by atoms with van der Waals surface area (Å²) in [6.45, 7) is -0.179. The molecule has 0 aliphatic rings. The van der Waals surface area contributed by atoms with Crippen LogP contribution in [0.1, 0.15) is 6.92 Å². The summed E-state index contributed by atoms with van der Waals surface area (Å²) in [6, 6.07) is 2.26. The average molecular weight is 382 g/mol. The first kappa shape index (κ1) is 18.5. The van der Waals surface area contributed by atoms with Gasteiger partial charge in [-0.25, -0.2) is 19.3 Å². The van der Waals surface area contributed by atoms with Gasteiger partial charge < -0.3 is 15.6 Å². The van der Waals surface area contributed by atoms with E-state index in [1.54, 1.807) is 23.6 Å². The Morgan fingerprint density at radius 2 is 2.07 bits per heavy atom. The maximum atomic E-state index is 14.0. The van der Waals surface area contributed by atoms with Crippen molar-refractivity contribution in [1.29, 1.82) is 0 Å². The maximum absolute atomic E-state index is 14.0. The van der Waals surface area contributed by atoms with Crippen LogP contribution in [0.15, 0.2) is 30.7 Å². The molecule has 0 saturated heterocycles. The van der Waals surface area contributed by atoms with E-state index in [1.165, 1.54) is 13.1 Å². The Labute approximate surface area is 150 Å². The number of H-pyrrole nitrogens is 1. The Balaban J connectivity index is 1.82. The number of aromatic nitrogens is 4. The quantitative estimate of drug-likeness (QED) is 0.590. The van der Waals surface area contributed by atoms with E-state index in [9.17, 15) is 22.4 Å². The molecule has 0 aliphatic heterocycles. The van der Waals surface area contributed by atoms with Crippen molar-refractivity contribution in [1.82, 2.24) is 25.3 Å². The number of hydrogen-bond acceptors (Lipinski definition) is 5. The molecular weight excluding hydrogens is 368 g/mol. The highest BCUT2D eigenvalue weighted by molar-refractivity contribution is 5.91. The van der Waals surface area contributed by atoms with E-state index in [4.69, 9.17) is 0 Å². The molecule has 0 bridgehead atoms. The van der Waals surface area contributed by atoms with Crippen LogP contribution < -0.4 is 10.6 Å². The topological polar surface area (TPSA) is 95.6 Å². The van der Waals surface area contributed by atoms with Crippen LogP contribution in [0.3, 0.4) is 0 Å². The van der Waals surface area contributed by atoms with Gasteiger partial charge in [0.05, 0.1) is 6.20 Å². The largest absolute Gasteiger partial charge is 0.405 e. The van der Waals surface area contributed by atoms with E-state index in [0.29, 0.717) is 16.6 Å². The summed E-state index contributed by atoms with van der Waals surface area (Å²) in [6.07, 6.45) is -0.409. The highest BCUT2D eigenvalue weighted by Gasteiger charge is 2.29. The zero-order valence-corrected chi connectivity index (χ0v) is 13.9. The maximum Gasteiger partial charge on any atom is 0.405 e. The number of nitrogens with one attached hydrogen (secondary N) is 3. The van der Waals surface area contributed by atoms with Crippen LogP contribution in [0.4, 0.5) is 23.4 Å². The minimum absolute atomic E-state index is 0.175. The molecule has 1 amide bonds. The SMILES string of the molecule is CC(Nc1nc(-c2ccnc3[nH]ccc23)ncc1F)C(=O)NCC(F)(F)F. The number of hydrogen-bond donors (Lipinski definition) is 3. The van der Waals surface area contributed by atoms with Gasteiger partial charge in [0.25, 0.3) is 0 Å². The number of pyridine rings is 1. The van der Waals surface area contributed by atoms with Gasteiger partial charge in [-0.15, -0.1) is 0 Å². The highest BCUT2D eigenvalue weighted by Crippen LogP contribution is 2.25. The number of rotatable bonds is 5. The van der Waals surface area contributed by atoms with E-state index in [-0.39, 0.29) is 11.6 Å². The monoisotopic (exact) mass is 382 g/mol. The predicted octanol–water partition coefficient (Wildman–Crippen LogP) is 2.64. The number of alkyl halides is 3. The first-order valence-corrected chi connectivity index (χ1v) is 7.80. The summed E-state index contributed by atoms with van der Waals surface area (Å²) >= 11 is 0. The lowest BCUT2D eigenvalue weighted by Crippen LogP contribution is -2.42. The van der Waals surface area contributed by atoms with E-state index < -0.39 is 30.5 Å². The Kier molecular flexibility index (Phi) is 4.93. The fourth-order valence-corrected chi connectivity index (χ4v) is 2.37. The number of carbonyl (C=O) groups is 1. The molecule has 0 aromatic carbocycles. The molecule has 142 valence electrons. The van der Waals surface area contributed by atoms with Crippen LogP contribution >= 0.6 is 0 Å². The smallest absolute Gasteiger partial charge is 0.356 e. The Bertz CT molecular complexity index is 971. The standard InChI is InChI=1S/C16H14F4N6O/c1-8(15(27)24-7-16(18,19)20)25-14-11(17)6-23-13(26-14)10-3-5-22-12-9(10)2-4-21-12/h2-6,8H,7H2,1H3,(H,21,22)(H,24,27)(H,23,25,26). The zero-order valence-electron chi connectivity index (χ0n) is 13.9. The molecule has 3 rings (SSSR count). The minimum Gasteiger partial charge on any atom is -0.356 e. The van der Waals surface area contributed by atoms with Crippen LogP contribution in [0.25, 0.3) is 22.4 Å². The molecule has 3 N–H and O–H groups in total. The minimum atomic E-state index is -4.54. The van der Waals surface area contributed by atoms with Crippen molar-refractivity contribution in [3.05, 3.63) is 36.5 Å². The predicted molar refractivity (Wildman–Crippen MR) is 89.2 cm³/mol. The third kappa shape index (κ3) is 4.30. The van der Waals surface area contributed by atoms with Gasteiger partial charge in [0.15, 0.2) is 17.5 Å². The van der Waals surface area contributed by atoms with Gasteiger partial charge in [0.2, 0.25) is 5.91 Å². The van der Waals surface area contributed by atoms with E-state index in [1.807, 2.05) is 0 Å². The van der Waals surface area contributed by atoms with Crippen molar-refractivity contribution in [2.75, 3.05) is 11.9 Å². The summed E-state index contributed by atoms with van der Waals surface area (Å²) in [5, 5.41) is 4.91. The van der Waals surface area contributed by atoms with Crippen molar-refractivity contribution in [2.45, 2.75) is 19.1 Å². The van der Waals surface area contributed by atoms with Gasteiger partial charge in [-0.1, -0.05) is 0 Å². The molecule has 0 fully saturated rings. The first-order chi connectivity index (χ1) is 12.7. The molecule has 3 aromatic heterocycles. The summed E-state index contributed by atoms with van der Waals surface area (Å²) in [5.74, 6) is -1.90. The molecule has 1 atom stereocenters. The van der Waals surface area contributed by atoms with Gasteiger partial charge in [-0.2, -0.15) is 13.2 Å². The molecule has 0 radical (unpaired) electrons. The number of aromatic amines is 1. The third-order valence-corrected chi connectivity index (χ3v) is 3.65. The van der Waals surface area contributed by atoms with Crippen molar-refractivity contribution in [3.63, 3.8) is 0 Å². The van der Waals surface area contributed by atoms with Gasteiger partial charge >= 0.3 is 6.18 Å². The number of nitrogens with zero attached hydrogens (tertiary/aromatic N) is 3. The van der Waals surface area contributed by atoms with Gasteiger partial charge in [-0.05, 0) is 19.1 Å².